The molecule has 1 spiro atoms. The Hall–Kier alpha value is -2.90. The average Bonchev–Trinajstić information content (AvgIpc) is 2.89. The number of nitrogens with one attached hydrogen (secondary N) is 3. The van der Waals surface area contributed by atoms with Crippen molar-refractivity contribution in [1.29, 1.82) is 0 Å². The zero-order valence-electron chi connectivity index (χ0n) is 17.1. The van der Waals surface area contributed by atoms with E-state index in [0.717, 1.165) is 24.2 Å². The number of anilines is 1. The number of carbonyl (C=O) groups is 4. The molecule has 1 aliphatic carbocycles. The number of benzene rings is 1. The van der Waals surface area contributed by atoms with Gasteiger partial charge in [-0.15, -0.1) is 0 Å². The minimum absolute atomic E-state index is 0.0289. The van der Waals surface area contributed by atoms with Crippen LogP contribution >= 0.6 is 0 Å². The van der Waals surface area contributed by atoms with Crippen LogP contribution in [0.4, 0.5) is 10.5 Å². The van der Waals surface area contributed by atoms with E-state index >= 15 is 0 Å². The molecule has 2 aliphatic rings. The van der Waals surface area contributed by atoms with E-state index in [4.69, 9.17) is 0 Å². The molecule has 3 N–H and O–H groups in total. The highest BCUT2D eigenvalue weighted by molar-refractivity contribution is 6.11. The van der Waals surface area contributed by atoms with E-state index in [1.807, 2.05) is 20.8 Å². The van der Waals surface area contributed by atoms with Crippen LogP contribution in [0.5, 0.6) is 0 Å². The van der Waals surface area contributed by atoms with Crippen molar-refractivity contribution in [2.45, 2.75) is 58.0 Å². The van der Waals surface area contributed by atoms with Crippen LogP contribution in [-0.2, 0) is 9.59 Å². The summed E-state index contributed by atoms with van der Waals surface area (Å²) in [5, 5.41) is 8.28. The SMILES string of the molecule is CC(C)NC(=O)c1ccccc1NC(=O)CN1C(=O)NC2(CCCCC2C)C1=O. The second-order valence-corrected chi connectivity index (χ2v) is 8.16. The third kappa shape index (κ3) is 4.11. The van der Waals surface area contributed by atoms with Crippen molar-refractivity contribution >= 4 is 29.4 Å². The Morgan fingerprint density at radius 1 is 1.24 bits per heavy atom. The Morgan fingerprint density at radius 3 is 2.66 bits per heavy atom. The lowest BCUT2D eigenvalue weighted by Crippen LogP contribution is -2.54. The number of carbonyl (C=O) groups excluding carboxylic acids is 4. The molecule has 5 amide bonds. The van der Waals surface area contributed by atoms with Gasteiger partial charge in [0.1, 0.15) is 12.1 Å². The molecular weight excluding hydrogens is 372 g/mol. The van der Waals surface area contributed by atoms with Crippen molar-refractivity contribution in [2.24, 2.45) is 5.92 Å². The number of hydrogen-bond donors (Lipinski definition) is 3. The van der Waals surface area contributed by atoms with Crippen molar-refractivity contribution in [3.63, 3.8) is 0 Å². The third-order valence-corrected chi connectivity index (χ3v) is 5.67. The topological polar surface area (TPSA) is 108 Å². The average molecular weight is 400 g/mol. The maximum Gasteiger partial charge on any atom is 0.325 e. The van der Waals surface area contributed by atoms with Crippen molar-refractivity contribution < 1.29 is 19.2 Å². The van der Waals surface area contributed by atoms with Crippen molar-refractivity contribution in [3.05, 3.63) is 29.8 Å². The molecule has 0 radical (unpaired) electrons. The van der Waals surface area contributed by atoms with E-state index in [0.29, 0.717) is 17.7 Å². The van der Waals surface area contributed by atoms with Gasteiger partial charge >= 0.3 is 6.03 Å². The van der Waals surface area contributed by atoms with E-state index in [2.05, 4.69) is 16.0 Å². The molecule has 0 aromatic heterocycles. The van der Waals surface area contributed by atoms with Crippen LogP contribution < -0.4 is 16.0 Å². The molecule has 0 bridgehead atoms. The molecule has 1 heterocycles. The van der Waals surface area contributed by atoms with Crippen LogP contribution in [0.25, 0.3) is 0 Å². The molecule has 2 unspecified atom stereocenters. The maximum absolute atomic E-state index is 13.0. The van der Waals surface area contributed by atoms with E-state index in [-0.39, 0.29) is 30.3 Å². The van der Waals surface area contributed by atoms with Gasteiger partial charge in [-0.1, -0.05) is 31.9 Å². The summed E-state index contributed by atoms with van der Waals surface area (Å²) in [4.78, 5) is 51.4. The third-order valence-electron chi connectivity index (χ3n) is 5.67. The fraction of sp³-hybridized carbons (Fsp3) is 0.524. The highest BCUT2D eigenvalue weighted by atomic mass is 16.2. The lowest BCUT2D eigenvalue weighted by atomic mass is 9.73. The first-order valence-electron chi connectivity index (χ1n) is 10.1. The Balaban J connectivity index is 1.71. The minimum atomic E-state index is -0.898. The smallest absolute Gasteiger partial charge is 0.325 e. The molecule has 2 atom stereocenters. The summed E-state index contributed by atoms with van der Waals surface area (Å²) in [5.41, 5.74) is -0.238. The van der Waals surface area contributed by atoms with Crippen LogP contribution in [0, 0.1) is 5.92 Å². The first-order valence-corrected chi connectivity index (χ1v) is 10.1. The number of urea groups is 1. The number of rotatable bonds is 5. The van der Waals surface area contributed by atoms with Gasteiger partial charge < -0.3 is 16.0 Å². The van der Waals surface area contributed by atoms with Crippen LogP contribution in [0.3, 0.4) is 0 Å². The monoisotopic (exact) mass is 400 g/mol. The zero-order valence-corrected chi connectivity index (χ0v) is 17.1. The van der Waals surface area contributed by atoms with Gasteiger partial charge in [-0.25, -0.2) is 4.79 Å². The van der Waals surface area contributed by atoms with Crippen LogP contribution in [0.1, 0.15) is 56.8 Å². The molecule has 1 aromatic carbocycles. The molecule has 1 aliphatic heterocycles. The van der Waals surface area contributed by atoms with Gasteiger partial charge in [0.15, 0.2) is 0 Å². The summed E-state index contributed by atoms with van der Waals surface area (Å²) >= 11 is 0. The number of nitrogens with zero attached hydrogens (tertiary/aromatic N) is 1. The van der Waals surface area contributed by atoms with Gasteiger partial charge in [0.2, 0.25) is 5.91 Å². The van der Waals surface area contributed by atoms with E-state index < -0.39 is 17.5 Å². The van der Waals surface area contributed by atoms with Crippen molar-refractivity contribution in [2.75, 3.05) is 11.9 Å². The van der Waals surface area contributed by atoms with Crippen molar-refractivity contribution in [1.82, 2.24) is 15.5 Å². The first-order chi connectivity index (χ1) is 13.7. The summed E-state index contributed by atoms with van der Waals surface area (Å²) < 4.78 is 0. The van der Waals surface area contributed by atoms with Crippen LogP contribution in [0.2, 0.25) is 0 Å². The molecule has 156 valence electrons. The Labute approximate surface area is 170 Å². The van der Waals surface area contributed by atoms with Gasteiger partial charge in [0.05, 0.1) is 11.3 Å². The molecule has 1 saturated heterocycles. The van der Waals surface area contributed by atoms with E-state index in [1.54, 1.807) is 24.3 Å². The lowest BCUT2D eigenvalue weighted by molar-refractivity contribution is -0.136. The number of hydrogen-bond acceptors (Lipinski definition) is 4. The predicted molar refractivity (Wildman–Crippen MR) is 108 cm³/mol. The summed E-state index contributed by atoms with van der Waals surface area (Å²) in [7, 11) is 0. The Bertz CT molecular complexity index is 838. The second-order valence-electron chi connectivity index (χ2n) is 8.16. The number of imide groups is 1. The molecule has 8 nitrogen and oxygen atoms in total. The molecule has 2 fully saturated rings. The van der Waals surface area contributed by atoms with E-state index in [1.165, 1.54) is 0 Å². The Morgan fingerprint density at radius 2 is 1.97 bits per heavy atom. The first kappa shape index (κ1) is 20.8. The summed E-state index contributed by atoms with van der Waals surface area (Å²) in [5.74, 6) is -1.14. The summed E-state index contributed by atoms with van der Waals surface area (Å²) in [6.45, 7) is 5.27. The molecule has 1 saturated carbocycles. The minimum Gasteiger partial charge on any atom is -0.350 e. The van der Waals surface area contributed by atoms with E-state index in [9.17, 15) is 19.2 Å². The van der Waals surface area contributed by atoms with Gasteiger partial charge in [-0.2, -0.15) is 0 Å². The zero-order chi connectivity index (χ0) is 21.2. The largest absolute Gasteiger partial charge is 0.350 e. The molecule has 29 heavy (non-hydrogen) atoms. The fourth-order valence-corrected chi connectivity index (χ4v) is 4.10. The highest BCUT2D eigenvalue weighted by Gasteiger charge is 2.55. The molecule has 8 heteroatoms. The van der Waals surface area contributed by atoms with Gasteiger partial charge in [-0.05, 0) is 44.7 Å². The molecule has 1 aromatic rings. The standard InChI is InChI=1S/C21H28N4O4/c1-13(2)22-18(27)15-9-4-5-10-16(15)23-17(26)12-25-19(28)21(24-20(25)29)11-7-6-8-14(21)3/h4-5,9-10,13-14H,6-8,11-12H2,1-3H3,(H,22,27)(H,23,26)(H,24,29). The fourth-order valence-electron chi connectivity index (χ4n) is 4.10. The van der Waals surface area contributed by atoms with Gasteiger partial charge in [0.25, 0.3) is 11.8 Å². The van der Waals surface area contributed by atoms with Gasteiger partial charge in [-0.3, -0.25) is 19.3 Å². The molecule has 3 rings (SSSR count). The predicted octanol–water partition coefficient (Wildman–Crippen LogP) is 2.26. The number of para-hydroxylation sites is 1. The molecular formula is C21H28N4O4. The van der Waals surface area contributed by atoms with Crippen molar-refractivity contribution in [3.8, 4) is 0 Å². The van der Waals surface area contributed by atoms with Crippen LogP contribution in [0.15, 0.2) is 24.3 Å². The lowest BCUT2D eigenvalue weighted by Gasteiger charge is -2.36. The normalized spacial score (nSPS) is 24.0. The maximum atomic E-state index is 13.0. The van der Waals surface area contributed by atoms with Gasteiger partial charge in [0, 0.05) is 6.04 Å². The van der Waals surface area contributed by atoms with Crippen LogP contribution in [-0.4, -0.2) is 46.8 Å². The quantitative estimate of drug-likeness (QED) is 0.659. The summed E-state index contributed by atoms with van der Waals surface area (Å²) in [6.07, 6.45) is 3.36. The second kappa shape index (κ2) is 8.23. The Kier molecular flexibility index (Phi) is 5.91. The number of amides is 5. The summed E-state index contributed by atoms with van der Waals surface area (Å²) in [6, 6.07) is 6.05. The highest BCUT2D eigenvalue weighted by Crippen LogP contribution is 2.38.